The van der Waals surface area contributed by atoms with Crippen LogP contribution in [-0.4, -0.2) is 39.4 Å². The molecule has 0 fully saturated rings. The van der Waals surface area contributed by atoms with Crippen molar-refractivity contribution < 1.29 is 24.1 Å². The number of ketones is 1. The average molecular weight is 554 g/mol. The van der Waals surface area contributed by atoms with Crippen LogP contribution >= 0.6 is 11.6 Å². The van der Waals surface area contributed by atoms with Crippen LogP contribution in [0, 0.1) is 10.1 Å². The normalized spacial score (nSPS) is 13.1. The van der Waals surface area contributed by atoms with Gasteiger partial charge < -0.3 is 5.32 Å². The number of imide groups is 1. The summed E-state index contributed by atoms with van der Waals surface area (Å²) in [6.07, 6.45) is -0.120. The first-order valence-electron chi connectivity index (χ1n) is 12.1. The molecule has 9 nitrogen and oxygen atoms in total. The van der Waals surface area contributed by atoms with E-state index in [1.54, 1.807) is 42.5 Å². The van der Waals surface area contributed by atoms with Crippen LogP contribution in [0.25, 0.3) is 0 Å². The lowest BCUT2D eigenvalue weighted by Crippen LogP contribution is -2.48. The van der Waals surface area contributed by atoms with Crippen LogP contribution in [0.1, 0.15) is 42.2 Å². The first-order valence-corrected chi connectivity index (χ1v) is 12.5. The fourth-order valence-electron chi connectivity index (χ4n) is 4.54. The van der Waals surface area contributed by atoms with E-state index in [4.69, 9.17) is 11.6 Å². The lowest BCUT2D eigenvalue weighted by atomic mass is 10.0. The second-order valence-electron chi connectivity index (χ2n) is 9.04. The fraction of sp³-hybridized carbons (Fsp3) is 0.0667. The molecule has 0 saturated carbocycles. The summed E-state index contributed by atoms with van der Waals surface area (Å²) in [5.41, 5.74) is 1.33. The maximum atomic E-state index is 13.8. The molecule has 3 amide bonds. The molecular formula is C30H20ClN3O6. The maximum Gasteiger partial charge on any atom is 0.269 e. The van der Waals surface area contributed by atoms with Crippen molar-refractivity contribution in [1.29, 1.82) is 0 Å². The third-order valence-corrected chi connectivity index (χ3v) is 6.77. The van der Waals surface area contributed by atoms with Crippen molar-refractivity contribution in [1.82, 2.24) is 4.90 Å². The number of non-ortho nitro benzene ring substituents is 1. The molecule has 1 heterocycles. The van der Waals surface area contributed by atoms with Crippen LogP contribution in [0.2, 0.25) is 5.02 Å². The number of nitrogens with one attached hydrogen (secondary N) is 1. The Morgan fingerprint density at radius 1 is 0.850 bits per heavy atom. The molecule has 4 aromatic rings. The number of benzene rings is 4. The smallest absolute Gasteiger partial charge is 0.269 e. The summed E-state index contributed by atoms with van der Waals surface area (Å²) in [5, 5.41) is 14.1. The van der Waals surface area contributed by atoms with Crippen LogP contribution in [0.15, 0.2) is 97.1 Å². The van der Waals surface area contributed by atoms with Gasteiger partial charge in [-0.15, -0.1) is 0 Å². The van der Waals surface area contributed by atoms with Crippen molar-refractivity contribution in [2.45, 2.75) is 12.5 Å². The van der Waals surface area contributed by atoms with Gasteiger partial charge in [-0.1, -0.05) is 66.2 Å². The highest BCUT2D eigenvalue weighted by Crippen LogP contribution is 2.29. The number of fused-ring (bicyclic) bond motifs is 1. The molecule has 1 aliphatic heterocycles. The summed E-state index contributed by atoms with van der Waals surface area (Å²) in [7, 11) is 0. The maximum absolute atomic E-state index is 13.8. The van der Waals surface area contributed by atoms with Gasteiger partial charge in [0.1, 0.15) is 6.04 Å². The molecule has 0 radical (unpaired) electrons. The van der Waals surface area contributed by atoms with Gasteiger partial charge in [0, 0.05) is 34.7 Å². The number of nitrogens with zero attached hydrogens (tertiary/aromatic N) is 2. The predicted molar refractivity (Wildman–Crippen MR) is 147 cm³/mol. The zero-order chi connectivity index (χ0) is 28.4. The second-order valence-corrected chi connectivity index (χ2v) is 9.48. The van der Waals surface area contributed by atoms with E-state index < -0.39 is 28.7 Å². The van der Waals surface area contributed by atoms with Gasteiger partial charge in [0.25, 0.3) is 17.5 Å². The first-order chi connectivity index (χ1) is 19.2. The van der Waals surface area contributed by atoms with E-state index in [1.807, 2.05) is 0 Å². The van der Waals surface area contributed by atoms with Crippen LogP contribution in [0.4, 0.5) is 11.4 Å². The minimum atomic E-state index is -1.33. The van der Waals surface area contributed by atoms with Crippen LogP contribution in [0.3, 0.4) is 0 Å². The van der Waals surface area contributed by atoms with Crippen LogP contribution in [0.5, 0.6) is 0 Å². The summed E-state index contributed by atoms with van der Waals surface area (Å²) in [6.45, 7) is 0. The van der Waals surface area contributed by atoms with Gasteiger partial charge in [-0.3, -0.25) is 34.2 Å². The molecule has 0 bridgehead atoms. The van der Waals surface area contributed by atoms with Crippen LogP contribution < -0.4 is 5.32 Å². The number of anilines is 1. The molecule has 1 N–H and O–H groups in total. The molecule has 0 unspecified atom stereocenters. The van der Waals surface area contributed by atoms with Crippen molar-refractivity contribution in [3.05, 3.63) is 140 Å². The number of carbonyl (C=O) groups is 4. The molecule has 198 valence electrons. The average Bonchev–Trinajstić information content (AvgIpc) is 3.22. The fourth-order valence-corrected chi connectivity index (χ4v) is 4.72. The molecule has 0 saturated heterocycles. The van der Waals surface area contributed by atoms with Crippen LogP contribution in [-0.2, 0) is 11.2 Å². The number of amides is 3. The molecule has 5 rings (SSSR count). The Labute approximate surface area is 233 Å². The number of hydrogen-bond acceptors (Lipinski definition) is 6. The largest absolute Gasteiger partial charge is 0.324 e. The number of halogens is 1. The Morgan fingerprint density at radius 2 is 1.45 bits per heavy atom. The molecule has 4 aromatic carbocycles. The standard InChI is InChI=1S/C30H20ClN3O6/c31-20-12-15-25(24(17-20)27(35)19-6-2-1-3-7-19)32-28(36)26(16-18-10-13-21(14-11-18)34(39)40)33-29(37)22-8-4-5-9-23(22)30(33)38/h1-15,17,26H,16H2,(H,32,36)/t26-/m1/s1. The minimum absolute atomic E-state index is 0.120. The quantitative estimate of drug-likeness (QED) is 0.136. The summed E-state index contributed by atoms with van der Waals surface area (Å²) in [5.74, 6) is -2.39. The molecule has 0 spiro atoms. The highest BCUT2D eigenvalue weighted by atomic mass is 35.5. The van der Waals surface area contributed by atoms with Gasteiger partial charge in [-0.2, -0.15) is 0 Å². The zero-order valence-electron chi connectivity index (χ0n) is 20.7. The van der Waals surface area contributed by atoms with Gasteiger partial charge >= 0.3 is 0 Å². The Bertz CT molecular complexity index is 1640. The highest BCUT2D eigenvalue weighted by Gasteiger charge is 2.43. The molecular weight excluding hydrogens is 534 g/mol. The topological polar surface area (TPSA) is 127 Å². The van der Waals surface area contributed by atoms with Crippen molar-refractivity contribution in [2.24, 2.45) is 0 Å². The number of carbonyl (C=O) groups excluding carboxylic acids is 4. The van der Waals surface area contributed by atoms with Crippen molar-refractivity contribution in [2.75, 3.05) is 5.32 Å². The minimum Gasteiger partial charge on any atom is -0.324 e. The Hall–Kier alpha value is -5.15. The summed E-state index contributed by atoms with van der Waals surface area (Å²) in [6, 6.07) is 23.3. The van der Waals surface area contributed by atoms with Gasteiger partial charge in [0.05, 0.1) is 21.7 Å². The lowest BCUT2D eigenvalue weighted by molar-refractivity contribution is -0.384. The highest BCUT2D eigenvalue weighted by molar-refractivity contribution is 6.31. The molecule has 40 heavy (non-hydrogen) atoms. The molecule has 0 aromatic heterocycles. The summed E-state index contributed by atoms with van der Waals surface area (Å²) in [4.78, 5) is 65.1. The number of hydrogen-bond donors (Lipinski definition) is 1. The van der Waals surface area contributed by atoms with E-state index in [1.165, 1.54) is 54.6 Å². The second kappa shape index (κ2) is 10.9. The Morgan fingerprint density at radius 3 is 2.05 bits per heavy atom. The molecule has 1 atom stereocenters. The van der Waals surface area contributed by atoms with E-state index >= 15 is 0 Å². The number of nitro benzene ring substituents is 1. The van der Waals surface area contributed by atoms with E-state index in [9.17, 15) is 29.3 Å². The lowest BCUT2D eigenvalue weighted by Gasteiger charge is -2.26. The molecule has 0 aliphatic carbocycles. The van der Waals surface area contributed by atoms with Crippen molar-refractivity contribution in [3.8, 4) is 0 Å². The van der Waals surface area contributed by atoms with E-state index in [0.717, 1.165) is 4.90 Å². The number of rotatable bonds is 8. The van der Waals surface area contributed by atoms with Gasteiger partial charge in [-0.25, -0.2) is 0 Å². The summed E-state index contributed by atoms with van der Waals surface area (Å²) < 4.78 is 0. The van der Waals surface area contributed by atoms with Crippen molar-refractivity contribution >= 4 is 46.5 Å². The number of nitro groups is 1. The first kappa shape index (κ1) is 26.5. The monoisotopic (exact) mass is 553 g/mol. The van der Waals surface area contributed by atoms with Crippen molar-refractivity contribution in [3.63, 3.8) is 0 Å². The summed E-state index contributed by atoms with van der Waals surface area (Å²) >= 11 is 6.17. The van der Waals surface area contributed by atoms with Gasteiger partial charge in [0.2, 0.25) is 5.91 Å². The molecule has 10 heteroatoms. The Kier molecular flexibility index (Phi) is 7.22. The van der Waals surface area contributed by atoms with Gasteiger partial charge in [0.15, 0.2) is 5.78 Å². The van der Waals surface area contributed by atoms with Gasteiger partial charge in [-0.05, 0) is 35.9 Å². The van der Waals surface area contributed by atoms with E-state index in [2.05, 4.69) is 5.32 Å². The third-order valence-electron chi connectivity index (χ3n) is 6.54. The van der Waals surface area contributed by atoms with E-state index in [-0.39, 0.29) is 45.3 Å². The van der Waals surface area contributed by atoms with E-state index in [0.29, 0.717) is 11.1 Å². The zero-order valence-corrected chi connectivity index (χ0v) is 21.5. The molecule has 1 aliphatic rings. The third kappa shape index (κ3) is 5.10. The Balaban J connectivity index is 1.51. The predicted octanol–water partition coefficient (Wildman–Crippen LogP) is 5.33. The SMILES string of the molecule is O=C(c1ccccc1)c1cc(Cl)ccc1NC(=O)[C@@H](Cc1ccc([N+](=O)[O-])cc1)N1C(=O)c2ccccc2C1=O.